The second-order valence-corrected chi connectivity index (χ2v) is 4.46. The molecule has 1 heterocycles. The van der Waals surface area contributed by atoms with E-state index < -0.39 is 5.43 Å². The lowest BCUT2D eigenvalue weighted by Gasteiger charge is -2.04. The van der Waals surface area contributed by atoms with Crippen LogP contribution in [-0.2, 0) is 0 Å². The molecule has 16 heavy (non-hydrogen) atoms. The highest BCUT2D eigenvalue weighted by molar-refractivity contribution is 9.10. The molecular formula is C9H4BrClN2O2S. The van der Waals surface area contributed by atoms with Gasteiger partial charge in [-0.3, -0.25) is 4.79 Å². The first-order valence-corrected chi connectivity index (χ1v) is 6.03. The van der Waals surface area contributed by atoms with Crippen LogP contribution in [0.2, 0.25) is 5.15 Å². The van der Waals surface area contributed by atoms with Crippen LogP contribution in [0.4, 0.5) is 0 Å². The van der Waals surface area contributed by atoms with Gasteiger partial charge in [0.15, 0.2) is 5.15 Å². The number of hydrogen-bond donors (Lipinski definition) is 0. The summed E-state index contributed by atoms with van der Waals surface area (Å²) in [5, 5.41) is -0.137. The van der Waals surface area contributed by atoms with Gasteiger partial charge in [-0.2, -0.15) is 4.37 Å². The number of ether oxygens (including phenoxy) is 1. The Hall–Kier alpha value is -0.980. The third kappa shape index (κ3) is 2.40. The summed E-state index contributed by atoms with van der Waals surface area (Å²) in [4.78, 5) is 11.5. The molecule has 0 saturated carbocycles. The minimum Gasteiger partial charge on any atom is -0.434 e. The summed E-state index contributed by atoms with van der Waals surface area (Å²) < 4.78 is 13.4. The van der Waals surface area contributed by atoms with Gasteiger partial charge in [0.25, 0.3) is 11.3 Å². The molecule has 0 atom stereocenters. The van der Waals surface area contributed by atoms with E-state index in [1.54, 1.807) is 18.2 Å². The van der Waals surface area contributed by atoms with Crippen molar-refractivity contribution in [3.05, 3.63) is 44.1 Å². The first-order chi connectivity index (χ1) is 7.68. The van der Waals surface area contributed by atoms with Crippen LogP contribution < -0.4 is 10.2 Å². The van der Waals surface area contributed by atoms with E-state index in [0.29, 0.717) is 5.75 Å². The number of rotatable bonds is 2. The van der Waals surface area contributed by atoms with E-state index in [1.807, 2.05) is 6.07 Å². The standard InChI is InChI=1S/C9H4BrClN2O2S/c10-5-3-1-2-4-6(5)15-9-7(14)8(11)12-16-13-9/h1-4H. The van der Waals surface area contributed by atoms with Gasteiger partial charge in [0.1, 0.15) is 5.75 Å². The maximum Gasteiger partial charge on any atom is 0.283 e. The van der Waals surface area contributed by atoms with Crippen LogP contribution in [-0.4, -0.2) is 8.75 Å². The number of halogens is 2. The highest BCUT2D eigenvalue weighted by atomic mass is 79.9. The van der Waals surface area contributed by atoms with Crippen LogP contribution in [0.5, 0.6) is 11.6 Å². The van der Waals surface area contributed by atoms with Gasteiger partial charge in [-0.1, -0.05) is 23.7 Å². The number of benzene rings is 1. The van der Waals surface area contributed by atoms with Gasteiger partial charge >= 0.3 is 0 Å². The molecule has 4 nitrogen and oxygen atoms in total. The third-order valence-corrected chi connectivity index (χ3v) is 3.19. The summed E-state index contributed by atoms with van der Waals surface area (Å²) in [5.41, 5.74) is -0.517. The van der Waals surface area contributed by atoms with Crippen LogP contribution >= 0.6 is 39.3 Å². The molecule has 0 aliphatic carbocycles. The van der Waals surface area contributed by atoms with Crippen molar-refractivity contribution < 1.29 is 4.74 Å². The summed E-state index contributed by atoms with van der Waals surface area (Å²) in [6, 6.07) is 7.14. The molecule has 0 radical (unpaired) electrons. The van der Waals surface area contributed by atoms with Gasteiger partial charge in [-0.15, -0.1) is 4.37 Å². The average molecular weight is 320 g/mol. The molecule has 0 bridgehead atoms. The van der Waals surface area contributed by atoms with Crippen LogP contribution in [0.15, 0.2) is 33.5 Å². The van der Waals surface area contributed by atoms with E-state index in [4.69, 9.17) is 16.3 Å². The normalized spacial score (nSPS) is 10.1. The second kappa shape index (κ2) is 4.90. The Morgan fingerprint density at radius 3 is 2.81 bits per heavy atom. The molecule has 0 aliphatic rings. The predicted molar refractivity (Wildman–Crippen MR) is 65.4 cm³/mol. The van der Waals surface area contributed by atoms with Crippen molar-refractivity contribution >= 4 is 39.3 Å². The van der Waals surface area contributed by atoms with E-state index in [9.17, 15) is 4.79 Å². The molecule has 0 saturated heterocycles. The van der Waals surface area contributed by atoms with Crippen LogP contribution in [0, 0.1) is 0 Å². The summed E-state index contributed by atoms with van der Waals surface area (Å²) in [6.07, 6.45) is 0. The van der Waals surface area contributed by atoms with Crippen molar-refractivity contribution in [2.24, 2.45) is 0 Å². The lowest BCUT2D eigenvalue weighted by molar-refractivity contribution is 0.459. The van der Waals surface area contributed by atoms with Gasteiger partial charge in [-0.25, -0.2) is 0 Å². The largest absolute Gasteiger partial charge is 0.434 e. The molecule has 0 aliphatic heterocycles. The average Bonchev–Trinajstić information content (AvgIpc) is 2.28. The maximum absolute atomic E-state index is 11.5. The summed E-state index contributed by atoms with van der Waals surface area (Å²) >= 11 is 9.69. The molecule has 0 amide bonds. The Labute approximate surface area is 108 Å². The van der Waals surface area contributed by atoms with Gasteiger partial charge in [0.05, 0.1) is 16.2 Å². The molecule has 82 valence electrons. The molecule has 2 rings (SSSR count). The lowest BCUT2D eigenvalue weighted by atomic mass is 10.3. The van der Waals surface area contributed by atoms with Crippen molar-refractivity contribution in [3.8, 4) is 11.6 Å². The Morgan fingerprint density at radius 1 is 1.31 bits per heavy atom. The highest BCUT2D eigenvalue weighted by Crippen LogP contribution is 2.27. The molecule has 2 aromatic rings. The third-order valence-electron chi connectivity index (χ3n) is 1.67. The summed E-state index contributed by atoms with van der Waals surface area (Å²) in [7, 11) is 0. The Kier molecular flexibility index (Phi) is 3.52. The topological polar surface area (TPSA) is 52.1 Å². The van der Waals surface area contributed by atoms with Gasteiger partial charge in [-0.05, 0) is 28.1 Å². The molecular weight excluding hydrogens is 316 g/mol. The zero-order valence-corrected chi connectivity index (χ0v) is 10.8. The number of hydrogen-bond acceptors (Lipinski definition) is 5. The highest BCUT2D eigenvalue weighted by Gasteiger charge is 2.10. The van der Waals surface area contributed by atoms with Crippen LogP contribution in [0.1, 0.15) is 0 Å². The van der Waals surface area contributed by atoms with Crippen LogP contribution in [0.3, 0.4) is 0 Å². The van der Waals surface area contributed by atoms with Crippen molar-refractivity contribution in [1.29, 1.82) is 0 Å². The molecule has 1 aromatic heterocycles. The van der Waals surface area contributed by atoms with E-state index in [2.05, 4.69) is 24.7 Å². The van der Waals surface area contributed by atoms with Crippen molar-refractivity contribution in [1.82, 2.24) is 8.75 Å². The van der Waals surface area contributed by atoms with E-state index in [1.165, 1.54) is 0 Å². The molecule has 0 N–H and O–H groups in total. The zero-order valence-electron chi connectivity index (χ0n) is 7.68. The molecule has 1 aromatic carbocycles. The van der Waals surface area contributed by atoms with Gasteiger partial charge < -0.3 is 4.74 Å². The Bertz CT molecular complexity index is 575. The molecule has 0 fully saturated rings. The zero-order chi connectivity index (χ0) is 11.5. The molecule has 7 heteroatoms. The summed E-state index contributed by atoms with van der Waals surface area (Å²) in [6.45, 7) is 0. The van der Waals surface area contributed by atoms with Crippen molar-refractivity contribution in [2.75, 3.05) is 0 Å². The van der Waals surface area contributed by atoms with E-state index >= 15 is 0 Å². The maximum atomic E-state index is 11.5. The van der Waals surface area contributed by atoms with Crippen molar-refractivity contribution in [2.45, 2.75) is 0 Å². The van der Waals surface area contributed by atoms with Gasteiger partial charge in [0, 0.05) is 0 Å². The number of para-hydroxylation sites is 1. The first kappa shape index (κ1) is 11.5. The molecule has 0 unspecified atom stereocenters. The fourth-order valence-electron chi connectivity index (χ4n) is 0.961. The van der Waals surface area contributed by atoms with Crippen LogP contribution in [0.25, 0.3) is 0 Å². The minimum absolute atomic E-state index is 0.0723. The molecule has 0 spiro atoms. The number of aromatic nitrogens is 2. The Balaban J connectivity index is 2.39. The van der Waals surface area contributed by atoms with E-state index in [0.717, 1.165) is 16.2 Å². The quantitative estimate of drug-likeness (QED) is 0.853. The SMILES string of the molecule is O=c1c(Cl)nsnc1Oc1ccccc1Br. The fourth-order valence-corrected chi connectivity index (χ4v) is 1.89. The summed E-state index contributed by atoms with van der Waals surface area (Å²) in [5.74, 6) is 0.429. The smallest absolute Gasteiger partial charge is 0.283 e. The van der Waals surface area contributed by atoms with Gasteiger partial charge in [0.2, 0.25) is 0 Å². The first-order valence-electron chi connectivity index (χ1n) is 4.13. The predicted octanol–water partition coefficient (Wildman–Crippen LogP) is 3.11. The van der Waals surface area contributed by atoms with Crippen molar-refractivity contribution in [3.63, 3.8) is 0 Å². The second-order valence-electron chi connectivity index (χ2n) is 2.72. The number of nitrogens with zero attached hydrogens (tertiary/aromatic N) is 2. The fraction of sp³-hybridized carbons (Fsp3) is 0. The lowest BCUT2D eigenvalue weighted by Crippen LogP contribution is -2.07. The Morgan fingerprint density at radius 2 is 2.06 bits per heavy atom. The minimum atomic E-state index is -0.517. The monoisotopic (exact) mass is 318 g/mol. The van der Waals surface area contributed by atoms with E-state index in [-0.39, 0.29) is 11.0 Å².